The van der Waals surface area contributed by atoms with Gasteiger partial charge in [-0.1, -0.05) is 47.6 Å². The highest BCUT2D eigenvalue weighted by Crippen LogP contribution is 2.38. The van der Waals surface area contributed by atoms with Crippen molar-refractivity contribution in [2.45, 2.75) is 18.4 Å². The molecule has 0 fully saturated rings. The molecule has 0 saturated carbocycles. The van der Waals surface area contributed by atoms with Gasteiger partial charge in [-0.25, -0.2) is 9.98 Å². The average molecular weight is 376 g/mol. The molecule has 0 spiro atoms. The van der Waals surface area contributed by atoms with E-state index >= 15 is 0 Å². The summed E-state index contributed by atoms with van der Waals surface area (Å²) >= 11 is 0. The molecule has 2 aromatic rings. The van der Waals surface area contributed by atoms with Gasteiger partial charge >= 0.3 is 0 Å². The second-order valence-corrected chi connectivity index (χ2v) is 6.52. The van der Waals surface area contributed by atoms with Gasteiger partial charge in [-0.05, 0) is 30.0 Å². The number of aliphatic imine (C=N–C) groups is 3. The van der Waals surface area contributed by atoms with Crippen molar-refractivity contribution >= 4 is 23.3 Å². The van der Waals surface area contributed by atoms with Crippen LogP contribution < -0.4 is 16.2 Å². The van der Waals surface area contributed by atoms with Crippen molar-refractivity contribution in [3.05, 3.63) is 65.2 Å². The molecule has 1 aliphatic heterocycles. The summed E-state index contributed by atoms with van der Waals surface area (Å²) in [5.41, 5.74) is 14.3. The maximum Gasteiger partial charge on any atom is 0.219 e. The van der Waals surface area contributed by atoms with Crippen LogP contribution in [0.3, 0.4) is 0 Å². The summed E-state index contributed by atoms with van der Waals surface area (Å²) in [6, 6.07) is 15.2. The third-order valence-electron chi connectivity index (χ3n) is 5.00. The van der Waals surface area contributed by atoms with E-state index in [0.717, 1.165) is 24.1 Å². The lowest BCUT2D eigenvalue weighted by atomic mass is 9.87. The van der Waals surface area contributed by atoms with E-state index in [1.54, 1.807) is 12.1 Å². The quantitative estimate of drug-likeness (QED) is 0.326. The zero-order chi connectivity index (χ0) is 19.7. The molecule has 4 rings (SSSR count). The highest BCUT2D eigenvalue weighted by molar-refractivity contribution is 6.25. The van der Waals surface area contributed by atoms with Crippen molar-refractivity contribution in [2.75, 3.05) is 7.11 Å². The zero-order valence-corrected chi connectivity index (χ0v) is 15.3. The van der Waals surface area contributed by atoms with Crippen LogP contribution >= 0.6 is 0 Å². The molecule has 0 amide bonds. The van der Waals surface area contributed by atoms with Crippen LogP contribution in [0.25, 0.3) is 0 Å². The summed E-state index contributed by atoms with van der Waals surface area (Å²) in [4.78, 5) is 13.6. The number of guanidine groups is 1. The van der Waals surface area contributed by atoms with E-state index < -0.39 is 5.54 Å². The number of hydrogen-bond acceptors (Lipinski definition) is 7. The number of ether oxygens (including phenoxy) is 1. The number of aryl methyl sites for hydroxylation is 1. The molecule has 2 aromatic carbocycles. The van der Waals surface area contributed by atoms with Gasteiger partial charge in [-0.3, -0.25) is 0 Å². The number of benzene rings is 2. The minimum atomic E-state index is -1.46. The summed E-state index contributed by atoms with van der Waals surface area (Å²) in [7, 11) is 1.54. The zero-order valence-electron chi connectivity index (χ0n) is 15.3. The van der Waals surface area contributed by atoms with E-state index in [4.69, 9.17) is 21.2 Å². The summed E-state index contributed by atoms with van der Waals surface area (Å²) in [5.74, 6) is 0.568. The molecular weight excluding hydrogens is 356 g/mol. The Labute approximate surface area is 162 Å². The maximum atomic E-state index is 9.52. The molecule has 2 aliphatic rings. The molecule has 0 bridgehead atoms. The Balaban J connectivity index is 1.92. The fraction of sp³-hybridized carbons (Fsp3) is 0.200. The van der Waals surface area contributed by atoms with Crippen LogP contribution in [0, 0.1) is 0 Å². The number of para-hydroxylation sites is 1. The first kappa shape index (κ1) is 17.7. The van der Waals surface area contributed by atoms with E-state index in [1.807, 2.05) is 30.3 Å². The average Bonchev–Trinajstić information content (AvgIpc) is 3.29. The predicted molar refractivity (Wildman–Crippen MR) is 108 cm³/mol. The number of methoxy groups -OCH3 is 1. The molecule has 142 valence electrons. The van der Waals surface area contributed by atoms with Gasteiger partial charge in [0.15, 0.2) is 11.7 Å². The number of nitrogens with two attached hydrogens (primary N) is 2. The van der Waals surface area contributed by atoms with Gasteiger partial charge in [0.25, 0.3) is 0 Å². The molecule has 1 unspecified atom stereocenters. The molecule has 1 atom stereocenters. The summed E-state index contributed by atoms with van der Waals surface area (Å²) in [5, 5.41) is 12.7. The van der Waals surface area contributed by atoms with E-state index in [1.165, 1.54) is 12.7 Å². The molecule has 28 heavy (non-hydrogen) atoms. The van der Waals surface area contributed by atoms with Gasteiger partial charge < -0.3 is 21.4 Å². The molecule has 8 heteroatoms. The second kappa shape index (κ2) is 6.80. The van der Waals surface area contributed by atoms with Gasteiger partial charge in [-0.2, -0.15) is 4.99 Å². The largest absolute Gasteiger partial charge is 0.496 e. The summed E-state index contributed by atoms with van der Waals surface area (Å²) < 4.78 is 5.48. The van der Waals surface area contributed by atoms with Crippen LogP contribution in [0.1, 0.15) is 23.1 Å². The smallest absolute Gasteiger partial charge is 0.219 e. The van der Waals surface area contributed by atoms with E-state index in [-0.39, 0.29) is 17.6 Å². The number of nitrogens with zero attached hydrogens (tertiary/aromatic N) is 4. The Morgan fingerprint density at radius 1 is 1.14 bits per heavy atom. The van der Waals surface area contributed by atoms with Crippen molar-refractivity contribution in [1.29, 1.82) is 0 Å². The molecule has 0 radical (unpaired) electrons. The third-order valence-corrected chi connectivity index (χ3v) is 5.00. The second-order valence-electron chi connectivity index (χ2n) is 6.52. The van der Waals surface area contributed by atoms with Gasteiger partial charge in [-0.15, -0.1) is 0 Å². The van der Waals surface area contributed by atoms with Gasteiger partial charge in [0.1, 0.15) is 5.75 Å². The molecule has 1 aliphatic carbocycles. The first-order chi connectivity index (χ1) is 13.6. The van der Waals surface area contributed by atoms with Crippen molar-refractivity contribution in [3.63, 3.8) is 0 Å². The normalized spacial score (nSPS) is 22.8. The highest BCUT2D eigenvalue weighted by Gasteiger charge is 2.49. The lowest BCUT2D eigenvalue weighted by Gasteiger charge is -2.26. The standard InChI is InChI=1S/C20H20N6O2/c1-28-16-9-5-4-8-14(16)20(17(21)26-27)18(24-19(22)25-20)23-15-11-10-12-6-2-3-7-13(12)15/h2-9,27H,10-11H2,1H3,(H2,21,26)(H2,22,25). The third kappa shape index (κ3) is 2.61. The van der Waals surface area contributed by atoms with Crippen LogP contribution in [0.15, 0.2) is 68.7 Å². The Kier molecular flexibility index (Phi) is 4.31. The summed E-state index contributed by atoms with van der Waals surface area (Å²) in [6.45, 7) is 0. The maximum absolute atomic E-state index is 9.52. The summed E-state index contributed by atoms with van der Waals surface area (Å²) in [6.07, 6.45) is 1.65. The van der Waals surface area contributed by atoms with Crippen LogP contribution in [0.4, 0.5) is 0 Å². The first-order valence-electron chi connectivity index (χ1n) is 8.82. The van der Waals surface area contributed by atoms with E-state index in [0.29, 0.717) is 11.3 Å². The fourth-order valence-corrected chi connectivity index (χ4v) is 3.70. The van der Waals surface area contributed by atoms with Crippen LogP contribution in [0.5, 0.6) is 5.75 Å². The van der Waals surface area contributed by atoms with E-state index in [9.17, 15) is 5.21 Å². The van der Waals surface area contributed by atoms with Crippen molar-refractivity contribution in [1.82, 2.24) is 0 Å². The minimum absolute atomic E-state index is 0.00291. The lowest BCUT2D eigenvalue weighted by Crippen LogP contribution is -2.45. The predicted octanol–water partition coefficient (Wildman–Crippen LogP) is 1.80. The van der Waals surface area contributed by atoms with Crippen LogP contribution in [-0.2, 0) is 12.0 Å². The first-order valence-corrected chi connectivity index (χ1v) is 8.82. The van der Waals surface area contributed by atoms with Crippen LogP contribution in [0.2, 0.25) is 0 Å². The molecule has 8 nitrogen and oxygen atoms in total. The van der Waals surface area contributed by atoms with Gasteiger partial charge in [0, 0.05) is 5.56 Å². The van der Waals surface area contributed by atoms with Gasteiger partial charge in [0.2, 0.25) is 11.5 Å². The monoisotopic (exact) mass is 376 g/mol. The van der Waals surface area contributed by atoms with Crippen molar-refractivity contribution < 1.29 is 9.94 Å². The molecule has 0 saturated heterocycles. The molecule has 0 aromatic heterocycles. The SMILES string of the molecule is COc1ccccc1C1(C(N)=NO)N=C(N)N=C1N=C1CCc2ccccc21. The Morgan fingerprint density at radius 2 is 1.89 bits per heavy atom. The highest BCUT2D eigenvalue weighted by atomic mass is 16.5. The molecular formula is C20H20N6O2. The number of amidine groups is 2. The minimum Gasteiger partial charge on any atom is -0.496 e. The Bertz CT molecular complexity index is 1060. The van der Waals surface area contributed by atoms with E-state index in [2.05, 4.69) is 21.2 Å². The molecule has 5 N–H and O–H groups in total. The molecule has 1 heterocycles. The Hall–Kier alpha value is -3.68. The number of rotatable bonds is 3. The lowest BCUT2D eigenvalue weighted by molar-refractivity contribution is 0.314. The number of hydrogen-bond donors (Lipinski definition) is 3. The topological polar surface area (TPSA) is 131 Å². The number of fused-ring (bicyclic) bond motifs is 1. The Morgan fingerprint density at radius 3 is 2.68 bits per heavy atom. The van der Waals surface area contributed by atoms with Crippen LogP contribution in [-0.4, -0.2) is 35.7 Å². The fourth-order valence-electron chi connectivity index (χ4n) is 3.70. The van der Waals surface area contributed by atoms with Crippen molar-refractivity contribution in [2.24, 2.45) is 31.6 Å². The van der Waals surface area contributed by atoms with Gasteiger partial charge in [0.05, 0.1) is 12.8 Å². The van der Waals surface area contributed by atoms with Crippen molar-refractivity contribution in [3.8, 4) is 5.75 Å². The number of oxime groups is 1.